The monoisotopic (exact) mass is 336 g/mol. The summed E-state index contributed by atoms with van der Waals surface area (Å²) < 4.78 is 0. The maximum absolute atomic E-state index is 10.8. The average molecular weight is 336 g/mol. The highest BCUT2D eigenvalue weighted by atomic mass is 32.2. The topological polar surface area (TPSA) is 52.9 Å². The minimum Gasteiger partial charge on any atom is -0.478 e. The van der Waals surface area contributed by atoms with Crippen molar-refractivity contribution in [3.8, 4) is 0 Å². The molecule has 2 aromatic rings. The van der Waals surface area contributed by atoms with Crippen molar-refractivity contribution in [2.45, 2.75) is 4.90 Å². The standard InChI is InChI=1S/C19H16N2O2S/c1-21-16-6-2-3-7-17(16)24-18(21)8-4-5-13-20-15-11-9-14(10-12-15)19(22)23/h2-13H,1H3,(H,22,23). The van der Waals surface area contributed by atoms with Gasteiger partial charge in [-0.05, 0) is 48.6 Å². The Kier molecular flexibility index (Phi) is 4.82. The molecule has 1 heterocycles. The predicted molar refractivity (Wildman–Crippen MR) is 99.5 cm³/mol. The summed E-state index contributed by atoms with van der Waals surface area (Å²) in [5.41, 5.74) is 2.20. The van der Waals surface area contributed by atoms with Crippen LogP contribution in [-0.4, -0.2) is 24.3 Å². The second-order valence-corrected chi connectivity index (χ2v) is 6.21. The first-order valence-electron chi connectivity index (χ1n) is 7.40. The Balaban J connectivity index is 1.62. The number of aromatic carboxylic acids is 1. The van der Waals surface area contributed by atoms with Crippen LogP contribution in [0.5, 0.6) is 0 Å². The van der Waals surface area contributed by atoms with Crippen molar-refractivity contribution in [1.82, 2.24) is 0 Å². The van der Waals surface area contributed by atoms with E-state index in [4.69, 9.17) is 5.11 Å². The third-order valence-electron chi connectivity index (χ3n) is 3.55. The zero-order valence-electron chi connectivity index (χ0n) is 13.1. The highest BCUT2D eigenvalue weighted by Crippen LogP contribution is 2.44. The van der Waals surface area contributed by atoms with E-state index in [0.29, 0.717) is 0 Å². The molecule has 3 rings (SSSR count). The number of carboxylic acid groups (broad SMARTS) is 1. The van der Waals surface area contributed by atoms with Crippen molar-refractivity contribution in [2.75, 3.05) is 11.9 Å². The van der Waals surface area contributed by atoms with Gasteiger partial charge >= 0.3 is 5.97 Å². The van der Waals surface area contributed by atoms with E-state index in [0.717, 1.165) is 10.7 Å². The van der Waals surface area contributed by atoms with Crippen molar-refractivity contribution >= 4 is 35.3 Å². The summed E-state index contributed by atoms with van der Waals surface area (Å²) in [5.74, 6) is -0.934. The molecule has 0 unspecified atom stereocenters. The fourth-order valence-corrected chi connectivity index (χ4v) is 3.34. The lowest BCUT2D eigenvalue weighted by Crippen LogP contribution is -2.08. The van der Waals surface area contributed by atoms with Gasteiger partial charge in [0.2, 0.25) is 0 Å². The largest absolute Gasteiger partial charge is 0.478 e. The van der Waals surface area contributed by atoms with Crippen LogP contribution in [0.15, 0.2) is 81.7 Å². The van der Waals surface area contributed by atoms with Crippen LogP contribution in [0.2, 0.25) is 0 Å². The van der Waals surface area contributed by atoms with Crippen molar-refractivity contribution in [3.05, 3.63) is 77.4 Å². The van der Waals surface area contributed by atoms with Gasteiger partial charge in [-0.25, -0.2) is 4.79 Å². The molecule has 0 atom stereocenters. The molecule has 1 N–H and O–H groups in total. The van der Waals surface area contributed by atoms with Gasteiger partial charge in [0.25, 0.3) is 0 Å². The van der Waals surface area contributed by atoms with Crippen LogP contribution in [0.3, 0.4) is 0 Å². The van der Waals surface area contributed by atoms with Gasteiger partial charge < -0.3 is 10.0 Å². The molecule has 120 valence electrons. The van der Waals surface area contributed by atoms with Gasteiger partial charge in [-0.15, -0.1) is 0 Å². The maximum Gasteiger partial charge on any atom is 0.335 e. The van der Waals surface area contributed by atoms with Crippen molar-refractivity contribution in [2.24, 2.45) is 4.99 Å². The molecule has 4 nitrogen and oxygen atoms in total. The lowest BCUT2D eigenvalue weighted by atomic mass is 10.2. The number of aliphatic imine (C=N–C) groups is 1. The Bertz CT molecular complexity index is 839. The Labute approximate surface area is 144 Å². The Morgan fingerprint density at radius 1 is 1.12 bits per heavy atom. The highest BCUT2D eigenvalue weighted by Gasteiger charge is 2.20. The third-order valence-corrected chi connectivity index (χ3v) is 4.73. The summed E-state index contributed by atoms with van der Waals surface area (Å²) in [6.45, 7) is 0. The molecule has 0 saturated carbocycles. The second-order valence-electron chi connectivity index (χ2n) is 5.15. The minimum atomic E-state index is -0.934. The summed E-state index contributed by atoms with van der Waals surface area (Å²) in [6, 6.07) is 14.8. The number of allylic oxidation sites excluding steroid dienone is 3. The van der Waals surface area contributed by atoms with Crippen LogP contribution < -0.4 is 4.90 Å². The number of thioether (sulfide) groups is 1. The molecule has 0 aliphatic carbocycles. The van der Waals surface area contributed by atoms with Crippen LogP contribution in [0, 0.1) is 0 Å². The number of hydrogen-bond acceptors (Lipinski definition) is 4. The molecule has 0 saturated heterocycles. The van der Waals surface area contributed by atoms with Crippen molar-refractivity contribution in [1.29, 1.82) is 0 Å². The molecule has 0 radical (unpaired) electrons. The summed E-state index contributed by atoms with van der Waals surface area (Å²) >= 11 is 1.74. The molecule has 1 aliphatic rings. The van der Waals surface area contributed by atoms with Gasteiger partial charge in [0.05, 0.1) is 22.0 Å². The molecule has 2 aromatic carbocycles. The van der Waals surface area contributed by atoms with Crippen LogP contribution in [0.4, 0.5) is 11.4 Å². The number of anilines is 1. The molecular formula is C19H16N2O2S. The summed E-state index contributed by atoms with van der Waals surface area (Å²) in [7, 11) is 2.05. The number of hydrogen-bond donors (Lipinski definition) is 1. The molecule has 0 amide bonds. The van der Waals surface area contributed by atoms with Gasteiger partial charge in [0.15, 0.2) is 0 Å². The minimum absolute atomic E-state index is 0.259. The summed E-state index contributed by atoms with van der Waals surface area (Å²) in [6.07, 6.45) is 7.54. The van der Waals surface area contributed by atoms with E-state index in [1.54, 1.807) is 42.2 Å². The van der Waals surface area contributed by atoms with Gasteiger partial charge in [-0.1, -0.05) is 30.0 Å². The molecule has 5 heteroatoms. The number of benzene rings is 2. The lowest BCUT2D eigenvalue weighted by molar-refractivity contribution is 0.0697. The van der Waals surface area contributed by atoms with E-state index in [1.165, 1.54) is 10.6 Å². The quantitative estimate of drug-likeness (QED) is 0.820. The Hall–Kier alpha value is -2.79. The SMILES string of the molecule is CN1C(=CC=CC=Nc2ccc(C(=O)O)cc2)Sc2ccccc21. The van der Waals surface area contributed by atoms with Crippen molar-refractivity contribution in [3.63, 3.8) is 0 Å². The number of rotatable bonds is 4. The van der Waals surface area contributed by atoms with E-state index in [1.807, 2.05) is 30.4 Å². The first kappa shape index (κ1) is 16.1. The molecule has 0 spiro atoms. The van der Waals surface area contributed by atoms with E-state index >= 15 is 0 Å². The molecular weight excluding hydrogens is 320 g/mol. The zero-order chi connectivity index (χ0) is 16.9. The second kappa shape index (κ2) is 7.19. The molecule has 0 fully saturated rings. The van der Waals surface area contributed by atoms with Gasteiger partial charge in [0.1, 0.15) is 0 Å². The normalized spacial score (nSPS) is 15.5. The smallest absolute Gasteiger partial charge is 0.335 e. The Morgan fingerprint density at radius 3 is 2.58 bits per heavy atom. The van der Waals surface area contributed by atoms with Crippen LogP contribution in [-0.2, 0) is 0 Å². The number of para-hydroxylation sites is 1. The molecule has 1 aliphatic heterocycles. The zero-order valence-corrected chi connectivity index (χ0v) is 13.9. The van der Waals surface area contributed by atoms with E-state index in [9.17, 15) is 4.79 Å². The molecule has 0 aromatic heterocycles. The van der Waals surface area contributed by atoms with Gasteiger partial charge in [0, 0.05) is 18.2 Å². The first-order valence-corrected chi connectivity index (χ1v) is 8.22. The number of fused-ring (bicyclic) bond motifs is 1. The van der Waals surface area contributed by atoms with E-state index in [-0.39, 0.29) is 5.56 Å². The van der Waals surface area contributed by atoms with Gasteiger partial charge in [-0.2, -0.15) is 0 Å². The maximum atomic E-state index is 10.8. The van der Waals surface area contributed by atoms with E-state index < -0.39 is 5.97 Å². The third kappa shape index (κ3) is 3.58. The van der Waals surface area contributed by atoms with Crippen LogP contribution in [0.25, 0.3) is 0 Å². The number of carboxylic acids is 1. The van der Waals surface area contributed by atoms with E-state index in [2.05, 4.69) is 29.1 Å². The number of carbonyl (C=O) groups is 1. The van der Waals surface area contributed by atoms with Crippen LogP contribution in [0.1, 0.15) is 10.4 Å². The highest BCUT2D eigenvalue weighted by molar-refractivity contribution is 8.03. The predicted octanol–water partition coefficient (Wildman–Crippen LogP) is 4.73. The summed E-state index contributed by atoms with van der Waals surface area (Å²) in [5, 5.41) is 10.0. The molecule has 0 bridgehead atoms. The summed E-state index contributed by atoms with van der Waals surface area (Å²) in [4.78, 5) is 18.5. The average Bonchev–Trinajstić information content (AvgIpc) is 2.91. The fourth-order valence-electron chi connectivity index (χ4n) is 2.27. The first-order chi connectivity index (χ1) is 11.6. The lowest BCUT2D eigenvalue weighted by Gasteiger charge is -2.12. The van der Waals surface area contributed by atoms with Crippen molar-refractivity contribution < 1.29 is 9.90 Å². The van der Waals surface area contributed by atoms with Crippen LogP contribution >= 0.6 is 11.8 Å². The Morgan fingerprint density at radius 2 is 1.88 bits per heavy atom. The molecule has 24 heavy (non-hydrogen) atoms. The fraction of sp³-hybridized carbons (Fsp3) is 0.0526. The number of nitrogens with zero attached hydrogens (tertiary/aromatic N) is 2. The van der Waals surface area contributed by atoms with Gasteiger partial charge in [-0.3, -0.25) is 4.99 Å².